The third kappa shape index (κ3) is 6.05. The van der Waals surface area contributed by atoms with Gasteiger partial charge in [-0.3, -0.25) is 4.79 Å². The van der Waals surface area contributed by atoms with E-state index >= 15 is 0 Å². The number of hydrogen-bond acceptors (Lipinski definition) is 3. The van der Waals surface area contributed by atoms with Gasteiger partial charge in [0.1, 0.15) is 11.8 Å². The molecule has 0 unspecified atom stereocenters. The molecule has 6 heteroatoms. The van der Waals surface area contributed by atoms with E-state index < -0.39 is 12.0 Å². The van der Waals surface area contributed by atoms with Gasteiger partial charge in [0, 0.05) is 6.42 Å². The van der Waals surface area contributed by atoms with Gasteiger partial charge in [0.2, 0.25) is 5.91 Å². The second-order valence-electron chi connectivity index (χ2n) is 5.56. The molecule has 0 radical (unpaired) electrons. The molecule has 0 aliphatic carbocycles. The Labute approximate surface area is 139 Å². The van der Waals surface area contributed by atoms with Crippen LogP contribution in [-0.2, 0) is 16.0 Å². The highest BCUT2D eigenvalue weighted by Crippen LogP contribution is 2.25. The molecular weight excluding hydrogens is 350 g/mol. The molecule has 1 rings (SSSR count). The van der Waals surface area contributed by atoms with Crippen LogP contribution in [0.1, 0.15) is 32.3 Å². The lowest BCUT2D eigenvalue weighted by molar-refractivity contribution is -0.142. The number of carboxylic acids is 1. The lowest BCUT2D eigenvalue weighted by Crippen LogP contribution is -2.41. The Morgan fingerprint density at radius 2 is 2.05 bits per heavy atom. The monoisotopic (exact) mass is 371 g/mol. The second-order valence-corrected chi connectivity index (χ2v) is 6.41. The number of amides is 1. The number of rotatable bonds is 8. The van der Waals surface area contributed by atoms with Crippen molar-refractivity contribution in [3.63, 3.8) is 0 Å². The fourth-order valence-corrected chi connectivity index (χ4v) is 2.67. The highest BCUT2D eigenvalue weighted by Gasteiger charge is 2.20. The van der Waals surface area contributed by atoms with Crippen molar-refractivity contribution >= 4 is 27.8 Å². The maximum atomic E-state index is 11.9. The molecule has 5 nitrogen and oxygen atoms in total. The second kappa shape index (κ2) is 8.78. The van der Waals surface area contributed by atoms with E-state index in [-0.39, 0.29) is 18.2 Å². The van der Waals surface area contributed by atoms with Gasteiger partial charge in [-0.1, -0.05) is 19.9 Å². The van der Waals surface area contributed by atoms with E-state index in [1.807, 2.05) is 32.0 Å². The van der Waals surface area contributed by atoms with Gasteiger partial charge in [-0.15, -0.1) is 0 Å². The maximum absolute atomic E-state index is 11.9. The van der Waals surface area contributed by atoms with Crippen LogP contribution < -0.4 is 10.1 Å². The van der Waals surface area contributed by atoms with E-state index in [0.29, 0.717) is 12.8 Å². The van der Waals surface area contributed by atoms with Crippen molar-refractivity contribution in [2.75, 3.05) is 7.11 Å². The number of carbonyl (C=O) groups is 2. The molecule has 1 aromatic rings. The van der Waals surface area contributed by atoms with Gasteiger partial charge in [-0.25, -0.2) is 4.79 Å². The molecule has 0 fully saturated rings. The fraction of sp³-hybridized carbons (Fsp3) is 0.500. The summed E-state index contributed by atoms with van der Waals surface area (Å²) in [4.78, 5) is 23.0. The third-order valence-corrected chi connectivity index (χ3v) is 3.82. The summed E-state index contributed by atoms with van der Waals surface area (Å²) in [6, 6.07) is 4.79. The zero-order chi connectivity index (χ0) is 16.7. The third-order valence-electron chi connectivity index (χ3n) is 3.20. The van der Waals surface area contributed by atoms with Gasteiger partial charge in [0.25, 0.3) is 0 Å². The number of benzene rings is 1. The zero-order valence-corrected chi connectivity index (χ0v) is 14.6. The van der Waals surface area contributed by atoms with Crippen molar-refractivity contribution in [1.82, 2.24) is 5.32 Å². The zero-order valence-electron chi connectivity index (χ0n) is 13.1. The van der Waals surface area contributed by atoms with Crippen LogP contribution in [0.3, 0.4) is 0 Å². The maximum Gasteiger partial charge on any atom is 0.326 e. The number of hydrogen-bond donors (Lipinski definition) is 2. The smallest absolute Gasteiger partial charge is 0.326 e. The van der Waals surface area contributed by atoms with Crippen LogP contribution in [0, 0.1) is 5.92 Å². The summed E-state index contributed by atoms with van der Waals surface area (Å²) in [6.07, 6.45) is 1.22. The molecule has 0 aromatic heterocycles. The molecule has 0 bridgehead atoms. The lowest BCUT2D eigenvalue weighted by Gasteiger charge is -2.16. The summed E-state index contributed by atoms with van der Waals surface area (Å²) in [6.45, 7) is 3.86. The fourth-order valence-electron chi connectivity index (χ4n) is 2.08. The average molecular weight is 372 g/mol. The highest BCUT2D eigenvalue weighted by molar-refractivity contribution is 9.10. The number of ether oxygens (including phenoxy) is 1. The Morgan fingerprint density at radius 1 is 1.36 bits per heavy atom. The summed E-state index contributed by atoms with van der Waals surface area (Å²) in [7, 11) is 1.59. The Bertz CT molecular complexity index is 531. The minimum absolute atomic E-state index is 0.207. The van der Waals surface area contributed by atoms with E-state index in [0.717, 1.165) is 15.8 Å². The van der Waals surface area contributed by atoms with Crippen LogP contribution in [0.4, 0.5) is 0 Å². The summed E-state index contributed by atoms with van der Waals surface area (Å²) < 4.78 is 5.98. The first-order valence-corrected chi connectivity index (χ1v) is 7.97. The standard InChI is InChI=1S/C16H22BrNO4/c1-10(2)8-13(16(20)21)18-15(19)7-5-11-4-6-14(22-3)12(17)9-11/h4,6,9-10,13H,5,7-8H2,1-3H3,(H,18,19)(H,20,21)/t13-/m0/s1. The van der Waals surface area contributed by atoms with E-state index in [2.05, 4.69) is 21.2 Å². The first-order valence-electron chi connectivity index (χ1n) is 7.18. The molecular formula is C16H22BrNO4. The lowest BCUT2D eigenvalue weighted by atomic mass is 10.0. The average Bonchev–Trinajstić information content (AvgIpc) is 2.44. The predicted molar refractivity (Wildman–Crippen MR) is 88.0 cm³/mol. The summed E-state index contributed by atoms with van der Waals surface area (Å²) in [5.41, 5.74) is 0.985. The SMILES string of the molecule is COc1ccc(CCC(=O)N[C@@H](CC(C)C)C(=O)O)cc1Br. The number of aryl methyl sites for hydroxylation is 1. The van der Waals surface area contributed by atoms with E-state index in [1.54, 1.807) is 7.11 Å². The first kappa shape index (κ1) is 18.5. The molecule has 0 heterocycles. The van der Waals surface area contributed by atoms with Crippen molar-refractivity contribution in [2.24, 2.45) is 5.92 Å². The molecule has 0 aliphatic heterocycles. The van der Waals surface area contributed by atoms with Gasteiger partial charge in [0.15, 0.2) is 0 Å². The molecule has 1 aromatic carbocycles. The van der Waals surface area contributed by atoms with Gasteiger partial charge in [-0.2, -0.15) is 0 Å². The van der Waals surface area contributed by atoms with Crippen molar-refractivity contribution in [2.45, 2.75) is 39.2 Å². The van der Waals surface area contributed by atoms with Gasteiger partial charge >= 0.3 is 5.97 Å². The highest BCUT2D eigenvalue weighted by atomic mass is 79.9. The van der Waals surface area contributed by atoms with E-state index in [9.17, 15) is 9.59 Å². The Hall–Kier alpha value is -1.56. The van der Waals surface area contributed by atoms with Gasteiger partial charge < -0.3 is 15.2 Å². The van der Waals surface area contributed by atoms with Crippen LogP contribution in [-0.4, -0.2) is 30.1 Å². The Balaban J connectivity index is 2.54. The number of carboxylic acid groups (broad SMARTS) is 1. The largest absolute Gasteiger partial charge is 0.496 e. The summed E-state index contributed by atoms with van der Waals surface area (Å²) in [5, 5.41) is 11.7. The molecule has 0 saturated heterocycles. The minimum Gasteiger partial charge on any atom is -0.496 e. The molecule has 1 amide bonds. The number of aliphatic carboxylic acids is 1. The molecule has 22 heavy (non-hydrogen) atoms. The molecule has 0 aliphatic rings. The molecule has 1 atom stereocenters. The normalized spacial score (nSPS) is 12.0. The van der Waals surface area contributed by atoms with Crippen molar-refractivity contribution in [3.8, 4) is 5.75 Å². The molecule has 0 spiro atoms. The van der Waals surface area contributed by atoms with Gasteiger partial charge in [0.05, 0.1) is 11.6 Å². The predicted octanol–water partition coefficient (Wildman–Crippen LogP) is 3.01. The molecule has 0 saturated carbocycles. The summed E-state index contributed by atoms with van der Waals surface area (Å²) in [5.74, 6) is -0.302. The van der Waals surface area contributed by atoms with Crippen molar-refractivity contribution in [1.29, 1.82) is 0 Å². The first-order chi connectivity index (χ1) is 10.3. The quantitative estimate of drug-likeness (QED) is 0.736. The molecule has 122 valence electrons. The Morgan fingerprint density at radius 3 is 2.55 bits per heavy atom. The number of methoxy groups -OCH3 is 1. The van der Waals surface area contributed by atoms with Crippen LogP contribution >= 0.6 is 15.9 Å². The van der Waals surface area contributed by atoms with Crippen LogP contribution in [0.5, 0.6) is 5.75 Å². The number of nitrogens with one attached hydrogen (secondary N) is 1. The summed E-state index contributed by atoms with van der Waals surface area (Å²) >= 11 is 3.40. The number of halogens is 1. The minimum atomic E-state index is -0.991. The van der Waals surface area contributed by atoms with E-state index in [4.69, 9.17) is 9.84 Å². The van der Waals surface area contributed by atoms with Crippen molar-refractivity contribution in [3.05, 3.63) is 28.2 Å². The van der Waals surface area contributed by atoms with Gasteiger partial charge in [-0.05, 0) is 52.4 Å². The van der Waals surface area contributed by atoms with Crippen LogP contribution in [0.15, 0.2) is 22.7 Å². The number of carbonyl (C=O) groups excluding carboxylic acids is 1. The van der Waals surface area contributed by atoms with Crippen LogP contribution in [0.25, 0.3) is 0 Å². The topological polar surface area (TPSA) is 75.6 Å². The van der Waals surface area contributed by atoms with Crippen molar-refractivity contribution < 1.29 is 19.4 Å². The Kier molecular flexibility index (Phi) is 7.38. The van der Waals surface area contributed by atoms with E-state index in [1.165, 1.54) is 0 Å². The van der Waals surface area contributed by atoms with Crippen LogP contribution in [0.2, 0.25) is 0 Å². The molecule has 2 N–H and O–H groups in total.